The average Bonchev–Trinajstić information content (AvgIpc) is 3.37. The fourth-order valence-corrected chi connectivity index (χ4v) is 4.31. The van der Waals surface area contributed by atoms with Crippen molar-refractivity contribution in [3.63, 3.8) is 0 Å². The fourth-order valence-electron chi connectivity index (χ4n) is 3.85. The van der Waals surface area contributed by atoms with Gasteiger partial charge < -0.3 is 19.6 Å². The van der Waals surface area contributed by atoms with Crippen LogP contribution in [0.2, 0.25) is 0 Å². The zero-order chi connectivity index (χ0) is 22.7. The second-order valence-corrected chi connectivity index (χ2v) is 8.53. The van der Waals surface area contributed by atoms with E-state index in [4.69, 9.17) is 14.5 Å². The molecule has 1 aromatic heterocycles. The van der Waals surface area contributed by atoms with Crippen LogP contribution in [0.5, 0.6) is 5.88 Å². The Kier molecular flexibility index (Phi) is 6.81. The van der Waals surface area contributed by atoms with Gasteiger partial charge in [0, 0.05) is 16.5 Å². The fraction of sp³-hybridized carbons (Fsp3) is 0.333. The standard InChI is InChI=1S/C24H25FN2O4S/c1-3-31-24(29)20(8-9-32-2)26-22(14-4-5-15-12-30-13-16(15)10-14)21-18-11-17(25)6-7-19(18)27-23(21)28/h4-7,10-11,20,27-28H,3,8-9,12-13H2,1-2H3. The van der Waals surface area contributed by atoms with E-state index in [9.17, 15) is 14.3 Å². The van der Waals surface area contributed by atoms with Gasteiger partial charge in [-0.2, -0.15) is 11.8 Å². The van der Waals surface area contributed by atoms with Gasteiger partial charge in [0.05, 0.1) is 31.1 Å². The SMILES string of the molecule is CCOC(=O)C(CCSC)N=C(c1ccc2c(c1)COC2)c1c(O)[nH]c2ccc(F)cc12. The summed E-state index contributed by atoms with van der Waals surface area (Å²) in [6.07, 6.45) is 2.44. The van der Waals surface area contributed by atoms with Gasteiger partial charge in [0.2, 0.25) is 0 Å². The van der Waals surface area contributed by atoms with Gasteiger partial charge in [-0.1, -0.05) is 12.1 Å². The number of carbonyl (C=O) groups excluding carboxylic acids is 1. The number of hydrogen-bond acceptors (Lipinski definition) is 6. The van der Waals surface area contributed by atoms with E-state index >= 15 is 0 Å². The minimum Gasteiger partial charge on any atom is -0.494 e. The first kappa shape index (κ1) is 22.4. The summed E-state index contributed by atoms with van der Waals surface area (Å²) in [5.74, 6) is -0.265. The lowest BCUT2D eigenvalue weighted by Crippen LogP contribution is -2.24. The summed E-state index contributed by atoms with van der Waals surface area (Å²) in [6.45, 7) is 3.03. The zero-order valence-corrected chi connectivity index (χ0v) is 18.8. The molecule has 0 spiro atoms. The van der Waals surface area contributed by atoms with Gasteiger partial charge >= 0.3 is 5.97 Å². The van der Waals surface area contributed by atoms with Crippen LogP contribution in [0.25, 0.3) is 10.9 Å². The molecule has 0 amide bonds. The second-order valence-electron chi connectivity index (χ2n) is 7.54. The highest BCUT2D eigenvalue weighted by Crippen LogP contribution is 2.32. The van der Waals surface area contributed by atoms with Crippen LogP contribution in [-0.2, 0) is 27.5 Å². The first-order valence-electron chi connectivity index (χ1n) is 10.5. The number of aliphatic imine (C=N–C) groups is 1. The van der Waals surface area contributed by atoms with Gasteiger partial charge in [0.1, 0.15) is 11.9 Å². The van der Waals surface area contributed by atoms with Crippen molar-refractivity contribution in [2.45, 2.75) is 32.6 Å². The summed E-state index contributed by atoms with van der Waals surface area (Å²) < 4.78 is 24.9. The van der Waals surface area contributed by atoms with Gasteiger partial charge in [0.25, 0.3) is 0 Å². The molecule has 2 N–H and O–H groups in total. The molecule has 3 aromatic rings. The smallest absolute Gasteiger partial charge is 0.330 e. The Labute approximate surface area is 189 Å². The number of ether oxygens (including phenoxy) is 2. The Bertz CT molecular complexity index is 1170. The highest BCUT2D eigenvalue weighted by Gasteiger charge is 2.25. The molecule has 0 bridgehead atoms. The minimum atomic E-state index is -0.750. The topological polar surface area (TPSA) is 83.9 Å². The molecule has 1 unspecified atom stereocenters. The molecule has 8 heteroatoms. The number of H-pyrrole nitrogens is 1. The van der Waals surface area contributed by atoms with Crippen LogP contribution < -0.4 is 0 Å². The molecule has 0 saturated heterocycles. The number of carbonyl (C=O) groups is 1. The van der Waals surface area contributed by atoms with Crippen molar-refractivity contribution in [1.82, 2.24) is 4.98 Å². The molecule has 0 radical (unpaired) electrons. The molecule has 2 aromatic carbocycles. The molecular weight excluding hydrogens is 431 g/mol. The highest BCUT2D eigenvalue weighted by molar-refractivity contribution is 7.98. The third kappa shape index (κ3) is 4.52. The molecule has 1 aliphatic heterocycles. The Morgan fingerprint density at radius 1 is 1.28 bits per heavy atom. The molecule has 0 saturated carbocycles. The number of halogens is 1. The number of nitrogens with zero attached hydrogens (tertiary/aromatic N) is 1. The molecule has 1 aliphatic rings. The van der Waals surface area contributed by atoms with Gasteiger partial charge in [0.15, 0.2) is 5.88 Å². The van der Waals surface area contributed by atoms with E-state index in [1.54, 1.807) is 24.8 Å². The molecule has 168 valence electrons. The average molecular weight is 457 g/mol. The number of aromatic amines is 1. The van der Waals surface area contributed by atoms with Crippen LogP contribution in [0, 0.1) is 5.82 Å². The van der Waals surface area contributed by atoms with Crippen molar-refractivity contribution in [3.05, 3.63) is 64.5 Å². The van der Waals surface area contributed by atoms with Crippen LogP contribution in [-0.4, -0.2) is 46.4 Å². The lowest BCUT2D eigenvalue weighted by Gasteiger charge is -2.15. The monoisotopic (exact) mass is 456 g/mol. The van der Waals surface area contributed by atoms with Crippen molar-refractivity contribution >= 4 is 34.3 Å². The van der Waals surface area contributed by atoms with E-state index in [1.807, 2.05) is 24.5 Å². The predicted octanol–water partition coefficient (Wildman–Crippen LogP) is 4.57. The second kappa shape index (κ2) is 9.75. The number of aromatic nitrogens is 1. The molecule has 6 nitrogen and oxygen atoms in total. The quantitative estimate of drug-likeness (QED) is 0.383. The predicted molar refractivity (Wildman–Crippen MR) is 124 cm³/mol. The summed E-state index contributed by atoms with van der Waals surface area (Å²) in [6, 6.07) is 9.30. The molecule has 2 heterocycles. The van der Waals surface area contributed by atoms with Crippen LogP contribution in [0.3, 0.4) is 0 Å². The van der Waals surface area contributed by atoms with E-state index < -0.39 is 17.8 Å². The van der Waals surface area contributed by atoms with Gasteiger partial charge in [-0.25, -0.2) is 9.18 Å². The molecule has 4 rings (SSSR count). The molecular formula is C24H25FN2O4S. The minimum absolute atomic E-state index is 0.131. The largest absolute Gasteiger partial charge is 0.494 e. The number of hydrogen-bond donors (Lipinski definition) is 2. The summed E-state index contributed by atoms with van der Waals surface area (Å²) >= 11 is 1.61. The van der Waals surface area contributed by atoms with Gasteiger partial charge in [-0.15, -0.1) is 0 Å². The Balaban J connectivity index is 1.91. The number of rotatable bonds is 8. The van der Waals surface area contributed by atoms with Crippen molar-refractivity contribution in [3.8, 4) is 5.88 Å². The first-order valence-corrected chi connectivity index (χ1v) is 11.8. The van der Waals surface area contributed by atoms with Crippen molar-refractivity contribution in [2.24, 2.45) is 4.99 Å². The van der Waals surface area contributed by atoms with Crippen LogP contribution >= 0.6 is 11.8 Å². The van der Waals surface area contributed by atoms with Crippen LogP contribution in [0.15, 0.2) is 41.4 Å². The Hall–Kier alpha value is -2.84. The van der Waals surface area contributed by atoms with Crippen molar-refractivity contribution < 1.29 is 23.8 Å². The maximum absolute atomic E-state index is 14.1. The van der Waals surface area contributed by atoms with Crippen LogP contribution in [0.1, 0.15) is 35.6 Å². The van der Waals surface area contributed by atoms with Crippen molar-refractivity contribution in [2.75, 3.05) is 18.6 Å². The number of esters is 1. The van der Waals surface area contributed by atoms with E-state index in [0.717, 1.165) is 11.1 Å². The third-order valence-corrected chi connectivity index (χ3v) is 6.06. The molecule has 1 atom stereocenters. The number of nitrogens with one attached hydrogen (secondary N) is 1. The normalized spacial score (nSPS) is 14.5. The summed E-state index contributed by atoms with van der Waals surface area (Å²) in [7, 11) is 0. The molecule has 0 aliphatic carbocycles. The van der Waals surface area contributed by atoms with Gasteiger partial charge in [-0.3, -0.25) is 4.99 Å². The van der Waals surface area contributed by atoms with Gasteiger partial charge in [-0.05, 0) is 60.7 Å². The van der Waals surface area contributed by atoms with E-state index in [-0.39, 0.29) is 12.5 Å². The number of thioether (sulfide) groups is 1. The van der Waals surface area contributed by atoms with Crippen LogP contribution in [0.4, 0.5) is 4.39 Å². The Morgan fingerprint density at radius 3 is 2.88 bits per heavy atom. The third-order valence-electron chi connectivity index (χ3n) is 5.41. The number of fused-ring (bicyclic) bond motifs is 2. The maximum atomic E-state index is 14.1. The van der Waals surface area contributed by atoms with Crippen molar-refractivity contribution in [1.29, 1.82) is 0 Å². The van der Waals surface area contributed by atoms with E-state index in [1.165, 1.54) is 12.1 Å². The molecule has 0 fully saturated rings. The summed E-state index contributed by atoms with van der Waals surface area (Å²) in [4.78, 5) is 20.4. The Morgan fingerprint density at radius 2 is 2.09 bits per heavy atom. The maximum Gasteiger partial charge on any atom is 0.330 e. The summed E-state index contributed by atoms with van der Waals surface area (Å²) in [5, 5.41) is 11.3. The zero-order valence-electron chi connectivity index (χ0n) is 18.0. The lowest BCUT2D eigenvalue weighted by atomic mass is 9.97. The number of benzene rings is 2. The van der Waals surface area contributed by atoms with E-state index in [2.05, 4.69) is 4.98 Å². The molecule has 32 heavy (non-hydrogen) atoms. The van der Waals surface area contributed by atoms with E-state index in [0.29, 0.717) is 53.1 Å². The first-order chi connectivity index (χ1) is 15.5. The summed E-state index contributed by atoms with van der Waals surface area (Å²) in [5.41, 5.74) is 4.18. The number of aromatic hydroxyl groups is 1. The highest BCUT2D eigenvalue weighted by atomic mass is 32.2. The lowest BCUT2D eigenvalue weighted by molar-refractivity contribution is -0.144.